The van der Waals surface area contributed by atoms with Crippen molar-refractivity contribution in [2.75, 3.05) is 33.0 Å². The third-order valence-corrected chi connectivity index (χ3v) is 30.4. The Morgan fingerprint density at radius 3 is 1.47 bits per heavy atom. The van der Waals surface area contributed by atoms with Gasteiger partial charge in [0.2, 0.25) is 0 Å². The number of aliphatic hydroxyl groups is 5. The first-order valence-corrected chi connectivity index (χ1v) is 41.1. The molecule has 5 aromatic carbocycles. The molecule has 24 heteroatoms. The van der Waals surface area contributed by atoms with Crippen LogP contribution in [0, 0.1) is 11.8 Å². The zero-order chi connectivity index (χ0) is 72.2. The average molecular weight is 1420 g/mol. The lowest BCUT2D eigenvalue weighted by Crippen LogP contribution is -2.67. The van der Waals surface area contributed by atoms with Crippen LogP contribution in [0.3, 0.4) is 0 Å². The first-order valence-electron chi connectivity index (χ1n) is 35.3. The first-order chi connectivity index (χ1) is 47.8. The maximum absolute atomic E-state index is 13.7. The molecule has 15 atom stereocenters. The lowest BCUT2D eigenvalue weighted by atomic mass is 9.94. The normalized spacial score (nSPS) is 26.1. The second-order valence-corrected chi connectivity index (χ2v) is 38.4. The lowest BCUT2D eigenvalue weighted by Gasteiger charge is -2.51. The van der Waals surface area contributed by atoms with Crippen molar-refractivity contribution in [1.82, 2.24) is 4.90 Å². The molecule has 5 N–H and O–H groups in total. The van der Waals surface area contributed by atoms with Gasteiger partial charge in [-0.1, -0.05) is 206 Å². The fraction of sp³-hybridized carbons (Fsp3) is 0.592. The summed E-state index contributed by atoms with van der Waals surface area (Å²) in [5, 5.41) is 62.3. The summed E-state index contributed by atoms with van der Waals surface area (Å²) in [6, 6.07) is 43.6. The van der Waals surface area contributed by atoms with Crippen LogP contribution < -0.4 is 0 Å². The standard InChI is InChI=1S/C76H110N4O18Si2/c1-51(2)75(5,6)99(9,10)92-49-60-63(83)69(89-46-56-32-22-15-23-33-56)64(84)73(95-60)98-66-59(44-82)94-71(62(78-79-77)68(66)88-45-55-30-20-14-21-31-55)97-67-61(50-93-100(11,12)76(7,8)52(3)4)96-72(65(85)70(67)90-47-57-34-24-16-25-35-57)87-41-27-17-26-40-80(42-53-28-18-13-19-29-53)74(86)91-48-58-38-36-54(43-81)37-39-58/h13-16,18-25,28-39,51-52,59-73,81-85H,17,26-27,40-50H2,1-12H3/t59-,60+,61+,62-,63-,64-,65-,66-,67-,68-,69+,70-,71-,72-,73+/m1/s1. The van der Waals surface area contributed by atoms with Gasteiger partial charge in [0, 0.05) is 24.6 Å². The molecule has 3 aliphatic rings. The molecule has 22 nitrogen and oxygen atoms in total. The number of unbranched alkanes of at least 4 members (excludes halogenated alkanes) is 2. The fourth-order valence-electron chi connectivity index (χ4n) is 12.3. The van der Waals surface area contributed by atoms with Gasteiger partial charge in [-0.3, -0.25) is 0 Å². The highest BCUT2D eigenvalue weighted by atomic mass is 28.4. The summed E-state index contributed by atoms with van der Waals surface area (Å²) in [6.07, 6.45) is -17.6. The zero-order valence-corrected chi connectivity index (χ0v) is 62.4. The molecular formula is C76H110N4O18Si2. The molecule has 0 aromatic heterocycles. The van der Waals surface area contributed by atoms with Gasteiger partial charge in [0.05, 0.1) is 46.2 Å². The SMILES string of the molecule is CC(C)C(C)(C)[Si](C)(C)OC[C@@H]1O[C@@H](O[C@H]2[C@H](OCc3ccccc3)[C@@H](N=[N+]=[N-])[C@@H](O[C@H]3[C@H](OCc4ccccc4)[C@@H](O)[C@H](OCCCCCN(Cc4ccccc4)C(=O)OCc4ccc(CO)cc4)O[C@H]3CO[Si](C)(C)C(C)(C)C(C)C)O[C@@H]2CO)[C@H](O)[C@@H](OCc2ccccc2)[C@@H]1O. The van der Waals surface area contributed by atoms with E-state index in [9.17, 15) is 35.9 Å². The molecule has 0 bridgehead atoms. The second-order valence-electron chi connectivity index (χ2n) is 29.2. The summed E-state index contributed by atoms with van der Waals surface area (Å²) in [5.41, 5.74) is 15.5. The van der Waals surface area contributed by atoms with Crippen molar-refractivity contribution < 1.29 is 86.5 Å². The number of benzene rings is 5. The Labute approximate surface area is 593 Å². The summed E-state index contributed by atoms with van der Waals surface area (Å²) < 4.78 is 80.5. The summed E-state index contributed by atoms with van der Waals surface area (Å²) in [7, 11) is -5.19. The van der Waals surface area contributed by atoms with Gasteiger partial charge in [0.25, 0.3) is 0 Å². The largest absolute Gasteiger partial charge is 0.445 e. The van der Waals surface area contributed by atoms with Crippen LogP contribution in [0.25, 0.3) is 10.4 Å². The molecule has 3 saturated heterocycles. The maximum atomic E-state index is 13.7. The van der Waals surface area contributed by atoms with Gasteiger partial charge in [0.1, 0.15) is 79.8 Å². The van der Waals surface area contributed by atoms with E-state index in [1.54, 1.807) is 17.0 Å². The predicted octanol–water partition coefficient (Wildman–Crippen LogP) is 12.3. The summed E-state index contributed by atoms with van der Waals surface area (Å²) in [5.74, 6) is 0.494. The van der Waals surface area contributed by atoms with Gasteiger partial charge in [-0.25, -0.2) is 4.79 Å². The van der Waals surface area contributed by atoms with E-state index in [0.29, 0.717) is 32.4 Å². The number of aliphatic hydroxyl groups excluding tert-OH is 5. The van der Waals surface area contributed by atoms with Crippen molar-refractivity contribution in [3.05, 3.63) is 189 Å². The minimum atomic E-state index is -2.65. The number of hydrogen-bond acceptors (Lipinski definition) is 19. The topological polar surface area (TPSA) is 281 Å². The van der Waals surface area contributed by atoms with Crippen molar-refractivity contribution in [3.8, 4) is 0 Å². The van der Waals surface area contributed by atoms with E-state index in [-0.39, 0.29) is 74.8 Å². The van der Waals surface area contributed by atoms with Crippen LogP contribution in [-0.4, -0.2) is 178 Å². The van der Waals surface area contributed by atoms with Gasteiger partial charge in [0.15, 0.2) is 35.5 Å². The molecule has 0 saturated carbocycles. The Balaban J connectivity index is 1.08. The average Bonchev–Trinajstić information content (AvgIpc) is 0.769. The highest BCUT2D eigenvalue weighted by molar-refractivity contribution is 6.74. The van der Waals surface area contributed by atoms with E-state index < -0.39 is 121 Å². The van der Waals surface area contributed by atoms with E-state index in [4.69, 9.17) is 56.2 Å². The van der Waals surface area contributed by atoms with Crippen molar-refractivity contribution >= 4 is 22.7 Å². The number of carbonyl (C=O) groups is 1. The fourth-order valence-corrected chi connectivity index (χ4v) is 17.0. The molecule has 1 amide bonds. The molecule has 0 spiro atoms. The van der Waals surface area contributed by atoms with Gasteiger partial charge >= 0.3 is 6.09 Å². The van der Waals surface area contributed by atoms with Crippen LogP contribution in [0.5, 0.6) is 0 Å². The van der Waals surface area contributed by atoms with E-state index >= 15 is 0 Å². The Hall–Kier alpha value is -5.53. The molecule has 0 unspecified atom stereocenters. The molecule has 100 heavy (non-hydrogen) atoms. The van der Waals surface area contributed by atoms with Gasteiger partial charge in [-0.05, 0) is 106 Å². The molecule has 550 valence electrons. The van der Waals surface area contributed by atoms with Crippen molar-refractivity contribution in [2.24, 2.45) is 17.0 Å². The van der Waals surface area contributed by atoms with Crippen LogP contribution in [-0.2, 0) is 95.8 Å². The van der Waals surface area contributed by atoms with Crippen molar-refractivity contribution in [1.29, 1.82) is 0 Å². The summed E-state index contributed by atoms with van der Waals surface area (Å²) in [6.45, 7) is 25.9. The smallest absolute Gasteiger partial charge is 0.410 e. The zero-order valence-electron chi connectivity index (χ0n) is 60.4. The van der Waals surface area contributed by atoms with E-state index in [0.717, 1.165) is 33.4 Å². The van der Waals surface area contributed by atoms with Crippen LogP contribution in [0.15, 0.2) is 151 Å². The highest BCUT2D eigenvalue weighted by Crippen LogP contribution is 2.47. The minimum Gasteiger partial charge on any atom is -0.445 e. The number of carbonyl (C=O) groups excluding carboxylic acids is 1. The Morgan fingerprint density at radius 2 is 0.960 bits per heavy atom. The van der Waals surface area contributed by atoms with E-state index in [1.807, 2.05) is 133 Å². The van der Waals surface area contributed by atoms with Crippen LogP contribution in [0.4, 0.5) is 4.79 Å². The van der Waals surface area contributed by atoms with E-state index in [1.165, 1.54) is 0 Å². The predicted molar refractivity (Wildman–Crippen MR) is 383 cm³/mol. The van der Waals surface area contributed by atoms with Crippen molar-refractivity contribution in [2.45, 2.75) is 243 Å². The monoisotopic (exact) mass is 1420 g/mol. The molecule has 3 heterocycles. The summed E-state index contributed by atoms with van der Waals surface area (Å²) in [4.78, 5) is 18.7. The molecule has 3 aliphatic heterocycles. The first kappa shape index (κ1) is 80.2. The van der Waals surface area contributed by atoms with Gasteiger partial charge < -0.3 is 86.7 Å². The summed E-state index contributed by atoms with van der Waals surface area (Å²) >= 11 is 0. The van der Waals surface area contributed by atoms with Crippen molar-refractivity contribution in [3.63, 3.8) is 0 Å². The highest BCUT2D eigenvalue weighted by Gasteiger charge is 2.57. The van der Waals surface area contributed by atoms with Crippen LogP contribution in [0.1, 0.15) is 108 Å². The molecule has 0 aliphatic carbocycles. The number of ether oxygens (including phenoxy) is 10. The number of nitrogens with zero attached hydrogens (tertiary/aromatic N) is 4. The third kappa shape index (κ3) is 21.3. The molecular weight excluding hydrogens is 1310 g/mol. The molecule has 0 radical (unpaired) electrons. The number of azide groups is 1. The van der Waals surface area contributed by atoms with Gasteiger partial charge in [-0.15, -0.1) is 0 Å². The Bertz CT molecular complexity index is 3250. The molecule has 8 rings (SSSR count). The maximum Gasteiger partial charge on any atom is 0.410 e. The second kappa shape index (κ2) is 37.8. The molecule has 3 fully saturated rings. The van der Waals surface area contributed by atoms with Gasteiger partial charge in [-0.2, -0.15) is 0 Å². The van der Waals surface area contributed by atoms with Crippen LogP contribution >= 0.6 is 0 Å². The third-order valence-electron chi connectivity index (χ3n) is 21.3. The number of hydrogen-bond donors (Lipinski definition) is 5. The number of amides is 1. The van der Waals surface area contributed by atoms with Crippen LogP contribution in [0.2, 0.25) is 36.3 Å². The Morgan fingerprint density at radius 1 is 0.520 bits per heavy atom. The number of rotatable bonds is 37. The molecule has 5 aromatic rings. The lowest BCUT2D eigenvalue weighted by molar-refractivity contribution is -0.372. The minimum absolute atomic E-state index is 0.0141. The Kier molecular flexibility index (Phi) is 30.3. The van der Waals surface area contributed by atoms with E-state index in [2.05, 4.69) is 91.6 Å². The quantitative estimate of drug-likeness (QED) is 0.00812.